The molecular weight excluding hydrogens is 126 g/mol. The van der Waals surface area contributed by atoms with Crippen LogP contribution in [0.2, 0.25) is 0 Å². The Bertz CT molecular complexity index is 70.8. The third-order valence-corrected chi connectivity index (χ3v) is 1.50. The van der Waals surface area contributed by atoms with Crippen LogP contribution in [0.1, 0.15) is 6.92 Å². The molecule has 1 saturated heterocycles. The minimum atomic E-state index is 0.307. The normalized spacial score (nSPS) is 33.0. The van der Waals surface area contributed by atoms with Crippen LogP contribution in [0, 0.1) is 0 Å². The van der Waals surface area contributed by atoms with Gasteiger partial charge in [0, 0.05) is 13.1 Å². The highest BCUT2D eigenvalue weighted by Crippen LogP contribution is 2.05. The summed E-state index contributed by atoms with van der Waals surface area (Å²) in [7, 11) is 0. The first-order chi connectivity index (χ1) is 3.79. The zero-order chi connectivity index (χ0) is 5.98. The summed E-state index contributed by atoms with van der Waals surface area (Å²) in [5.41, 5.74) is 0. The van der Waals surface area contributed by atoms with Crippen molar-refractivity contribution in [1.29, 1.82) is 0 Å². The van der Waals surface area contributed by atoms with Gasteiger partial charge in [0.25, 0.3) is 0 Å². The van der Waals surface area contributed by atoms with E-state index in [9.17, 15) is 0 Å². The molecular formula is C5H10ClNO. The summed E-state index contributed by atoms with van der Waals surface area (Å²) in [5, 5.41) is 0. The van der Waals surface area contributed by atoms with Gasteiger partial charge in [0.15, 0.2) is 0 Å². The van der Waals surface area contributed by atoms with Crippen LogP contribution in [0.4, 0.5) is 0 Å². The Hall–Kier alpha value is 0.210. The zero-order valence-electron chi connectivity index (χ0n) is 4.93. The number of hydrogen-bond donors (Lipinski definition) is 0. The van der Waals surface area contributed by atoms with Gasteiger partial charge in [-0.05, 0) is 18.7 Å². The summed E-state index contributed by atoms with van der Waals surface area (Å²) in [6.45, 7) is 4.49. The van der Waals surface area contributed by atoms with Gasteiger partial charge in [-0.1, -0.05) is 0 Å². The van der Waals surface area contributed by atoms with Crippen LogP contribution in [-0.4, -0.2) is 30.2 Å². The maximum Gasteiger partial charge on any atom is 0.0687 e. The molecule has 48 valence electrons. The fourth-order valence-electron chi connectivity index (χ4n) is 0.776. The van der Waals surface area contributed by atoms with E-state index in [-0.39, 0.29) is 0 Å². The van der Waals surface area contributed by atoms with Crippen LogP contribution in [-0.2, 0) is 4.74 Å². The third kappa shape index (κ3) is 1.62. The highest BCUT2D eigenvalue weighted by atomic mass is 35.5. The monoisotopic (exact) mass is 135 g/mol. The fourth-order valence-corrected chi connectivity index (χ4v) is 1.04. The Morgan fingerprint density at radius 1 is 1.75 bits per heavy atom. The lowest BCUT2D eigenvalue weighted by Crippen LogP contribution is -2.35. The van der Waals surface area contributed by atoms with E-state index in [1.807, 2.05) is 6.92 Å². The van der Waals surface area contributed by atoms with Gasteiger partial charge < -0.3 is 4.74 Å². The van der Waals surface area contributed by atoms with Crippen molar-refractivity contribution in [3.05, 3.63) is 0 Å². The molecule has 0 unspecified atom stereocenters. The molecule has 0 amide bonds. The molecule has 1 rings (SSSR count). The molecule has 1 atom stereocenters. The molecule has 0 aromatic rings. The van der Waals surface area contributed by atoms with Gasteiger partial charge in [-0.25, -0.2) is 4.42 Å². The van der Waals surface area contributed by atoms with Crippen molar-refractivity contribution in [3.63, 3.8) is 0 Å². The lowest BCUT2D eigenvalue weighted by molar-refractivity contribution is 0.0109. The predicted octanol–water partition coefficient (Wildman–Crippen LogP) is 0.861. The van der Waals surface area contributed by atoms with Crippen LogP contribution in [0.5, 0.6) is 0 Å². The molecule has 0 spiro atoms. The highest BCUT2D eigenvalue weighted by Gasteiger charge is 2.13. The summed E-state index contributed by atoms with van der Waals surface area (Å²) in [6, 6.07) is 0. The first-order valence-electron chi connectivity index (χ1n) is 2.81. The van der Waals surface area contributed by atoms with Gasteiger partial charge in [0.2, 0.25) is 0 Å². The van der Waals surface area contributed by atoms with Crippen molar-refractivity contribution < 1.29 is 4.74 Å². The third-order valence-electron chi connectivity index (χ3n) is 1.19. The lowest BCUT2D eigenvalue weighted by Gasteiger charge is -2.24. The molecule has 1 heterocycles. The first-order valence-corrected chi connectivity index (χ1v) is 3.15. The highest BCUT2D eigenvalue weighted by molar-refractivity contribution is 6.13. The number of morpholine rings is 1. The molecule has 0 N–H and O–H groups in total. The van der Waals surface area contributed by atoms with E-state index in [1.165, 1.54) is 0 Å². The minimum absolute atomic E-state index is 0.307. The molecule has 0 saturated carbocycles. The Morgan fingerprint density at radius 3 is 2.88 bits per heavy atom. The van der Waals surface area contributed by atoms with Crippen LogP contribution < -0.4 is 0 Å². The second-order valence-corrected chi connectivity index (χ2v) is 2.53. The van der Waals surface area contributed by atoms with Crippen LogP contribution in [0.25, 0.3) is 0 Å². The quantitative estimate of drug-likeness (QED) is 0.457. The maximum absolute atomic E-state index is 5.66. The van der Waals surface area contributed by atoms with Gasteiger partial charge >= 0.3 is 0 Å². The molecule has 0 radical (unpaired) electrons. The standard InChI is InChI=1S/C5H10ClNO/c1-5-4-7(6)2-3-8-5/h5H,2-4H2,1H3/t5-/m0/s1. The van der Waals surface area contributed by atoms with Crippen molar-refractivity contribution in [2.75, 3.05) is 19.7 Å². The van der Waals surface area contributed by atoms with Crippen molar-refractivity contribution >= 4 is 11.8 Å². The molecule has 2 nitrogen and oxygen atoms in total. The van der Waals surface area contributed by atoms with Gasteiger partial charge in [0.1, 0.15) is 0 Å². The van der Waals surface area contributed by atoms with E-state index < -0.39 is 0 Å². The number of halogens is 1. The van der Waals surface area contributed by atoms with Crippen LogP contribution in [0.3, 0.4) is 0 Å². The van der Waals surface area contributed by atoms with Crippen LogP contribution in [0.15, 0.2) is 0 Å². The van der Waals surface area contributed by atoms with Crippen LogP contribution >= 0.6 is 11.8 Å². The van der Waals surface area contributed by atoms with Gasteiger partial charge in [0.05, 0.1) is 12.7 Å². The summed E-state index contributed by atoms with van der Waals surface area (Å²) in [6.07, 6.45) is 0.307. The number of ether oxygens (including phenoxy) is 1. The average Bonchev–Trinajstić information content (AvgIpc) is 1.64. The molecule has 0 aromatic heterocycles. The van der Waals surface area contributed by atoms with E-state index in [1.54, 1.807) is 4.42 Å². The Kier molecular flexibility index (Phi) is 2.11. The summed E-state index contributed by atoms with van der Waals surface area (Å²) in [5.74, 6) is 0. The number of hydrogen-bond acceptors (Lipinski definition) is 2. The molecule has 1 fully saturated rings. The fraction of sp³-hybridized carbons (Fsp3) is 1.00. The predicted molar refractivity (Wildman–Crippen MR) is 32.8 cm³/mol. The molecule has 0 bridgehead atoms. The molecule has 0 aromatic carbocycles. The number of nitrogens with zero attached hydrogens (tertiary/aromatic N) is 1. The SMILES string of the molecule is C[C@H]1CN(Cl)CCO1. The Balaban J connectivity index is 2.23. The summed E-state index contributed by atoms with van der Waals surface area (Å²) in [4.78, 5) is 0. The van der Waals surface area contributed by atoms with E-state index in [0.717, 1.165) is 19.7 Å². The summed E-state index contributed by atoms with van der Waals surface area (Å²) < 4.78 is 6.98. The van der Waals surface area contributed by atoms with Gasteiger partial charge in [-0.3, -0.25) is 0 Å². The Labute approximate surface area is 54.5 Å². The second-order valence-electron chi connectivity index (χ2n) is 2.05. The van der Waals surface area contributed by atoms with Crippen molar-refractivity contribution in [2.45, 2.75) is 13.0 Å². The van der Waals surface area contributed by atoms with Crippen molar-refractivity contribution in [3.8, 4) is 0 Å². The zero-order valence-corrected chi connectivity index (χ0v) is 5.69. The van der Waals surface area contributed by atoms with Gasteiger partial charge in [-0.15, -0.1) is 0 Å². The molecule has 8 heavy (non-hydrogen) atoms. The maximum atomic E-state index is 5.66. The largest absolute Gasteiger partial charge is 0.376 e. The van der Waals surface area contributed by atoms with E-state index in [0.29, 0.717) is 6.10 Å². The minimum Gasteiger partial charge on any atom is -0.376 e. The molecule has 1 aliphatic rings. The Morgan fingerprint density at radius 2 is 2.50 bits per heavy atom. The molecule has 0 aliphatic carbocycles. The summed E-state index contributed by atoms with van der Waals surface area (Å²) >= 11 is 5.66. The average molecular weight is 136 g/mol. The topological polar surface area (TPSA) is 12.5 Å². The second kappa shape index (κ2) is 2.67. The van der Waals surface area contributed by atoms with E-state index >= 15 is 0 Å². The molecule has 3 heteroatoms. The van der Waals surface area contributed by atoms with Crippen molar-refractivity contribution in [2.24, 2.45) is 0 Å². The first kappa shape index (κ1) is 6.33. The van der Waals surface area contributed by atoms with E-state index in [2.05, 4.69) is 0 Å². The van der Waals surface area contributed by atoms with Gasteiger partial charge in [-0.2, -0.15) is 0 Å². The number of rotatable bonds is 0. The lowest BCUT2D eigenvalue weighted by atomic mass is 10.3. The van der Waals surface area contributed by atoms with Crippen molar-refractivity contribution in [1.82, 2.24) is 4.42 Å². The smallest absolute Gasteiger partial charge is 0.0687 e. The molecule has 1 aliphatic heterocycles. The van der Waals surface area contributed by atoms with E-state index in [4.69, 9.17) is 16.5 Å².